The molecule has 88 valence electrons. The van der Waals surface area contributed by atoms with Crippen molar-refractivity contribution in [2.75, 3.05) is 0 Å². The third kappa shape index (κ3) is 2.74. The number of benzene rings is 1. The lowest BCUT2D eigenvalue weighted by Crippen LogP contribution is -2.39. The number of ether oxygens (including phenoxy) is 2. The minimum Gasteiger partial charge on any atom is -0.465 e. The summed E-state index contributed by atoms with van der Waals surface area (Å²) in [4.78, 5) is 0. The molecule has 0 bridgehead atoms. The fraction of sp³-hybridized carbons (Fsp3) is 0.538. The monoisotopic (exact) mass is 222 g/mol. The van der Waals surface area contributed by atoms with Gasteiger partial charge >= 0.3 is 0 Å². The van der Waals surface area contributed by atoms with Gasteiger partial charge in [-0.25, -0.2) is 0 Å². The summed E-state index contributed by atoms with van der Waals surface area (Å²) in [6.45, 7) is 3.91. The summed E-state index contributed by atoms with van der Waals surface area (Å²) in [5.41, 5.74) is 1.21. The van der Waals surface area contributed by atoms with Crippen LogP contribution in [0.3, 0.4) is 0 Å². The first kappa shape index (κ1) is 11.4. The Morgan fingerprint density at radius 3 is 2.56 bits per heavy atom. The van der Waals surface area contributed by atoms with Gasteiger partial charge in [-0.15, -0.1) is 0 Å². The van der Waals surface area contributed by atoms with Crippen molar-refractivity contribution < 1.29 is 14.6 Å². The van der Waals surface area contributed by atoms with Gasteiger partial charge < -0.3 is 14.6 Å². The Hall–Kier alpha value is -1.06. The molecule has 1 aliphatic heterocycles. The van der Waals surface area contributed by atoms with Gasteiger partial charge in [0, 0.05) is 6.42 Å². The summed E-state index contributed by atoms with van der Waals surface area (Å²) in [5.74, 6) is 0.819. The molecule has 0 aromatic heterocycles. The molecule has 16 heavy (non-hydrogen) atoms. The predicted molar refractivity (Wildman–Crippen MR) is 61.4 cm³/mol. The Labute approximate surface area is 96.0 Å². The molecule has 2 rings (SSSR count). The zero-order valence-electron chi connectivity index (χ0n) is 9.72. The summed E-state index contributed by atoms with van der Waals surface area (Å²) in [6.07, 6.45) is 0.722. The lowest BCUT2D eigenvalue weighted by atomic mass is 10.1. The van der Waals surface area contributed by atoms with Crippen LogP contribution in [0.2, 0.25) is 0 Å². The van der Waals surface area contributed by atoms with E-state index in [1.54, 1.807) is 0 Å². The van der Waals surface area contributed by atoms with E-state index in [0.29, 0.717) is 0 Å². The van der Waals surface area contributed by atoms with Crippen LogP contribution >= 0.6 is 0 Å². The molecule has 1 heterocycles. The van der Waals surface area contributed by atoms with E-state index >= 15 is 0 Å². The minimum absolute atomic E-state index is 0.149. The van der Waals surface area contributed by atoms with Gasteiger partial charge in [-0.05, 0) is 32.4 Å². The topological polar surface area (TPSA) is 38.7 Å². The molecule has 3 atom stereocenters. The summed E-state index contributed by atoms with van der Waals surface area (Å²) < 4.78 is 11.3. The maximum Gasteiger partial charge on any atom is 0.200 e. The Kier molecular flexibility index (Phi) is 3.46. The Morgan fingerprint density at radius 1 is 1.25 bits per heavy atom. The van der Waals surface area contributed by atoms with Crippen molar-refractivity contribution in [3.63, 3.8) is 0 Å². The highest BCUT2D eigenvalue weighted by atomic mass is 16.7. The van der Waals surface area contributed by atoms with Crippen molar-refractivity contribution in [1.29, 1.82) is 0 Å². The molecule has 1 N–H and O–H groups in total. The van der Waals surface area contributed by atoms with Crippen LogP contribution in [-0.4, -0.2) is 23.6 Å². The first-order valence-corrected chi connectivity index (χ1v) is 5.72. The van der Waals surface area contributed by atoms with Gasteiger partial charge in [0.15, 0.2) is 6.29 Å². The molecular formula is C13H18O3. The second-order valence-electron chi connectivity index (χ2n) is 4.35. The molecule has 3 nitrogen and oxygen atoms in total. The normalized spacial score (nSPS) is 30.1. The van der Waals surface area contributed by atoms with Gasteiger partial charge in [0.25, 0.3) is 0 Å². The maximum atomic E-state index is 9.52. The zero-order valence-corrected chi connectivity index (χ0v) is 9.72. The van der Waals surface area contributed by atoms with E-state index in [1.807, 2.05) is 38.1 Å². The van der Waals surface area contributed by atoms with Crippen molar-refractivity contribution >= 4 is 0 Å². The molecule has 0 saturated carbocycles. The van der Waals surface area contributed by atoms with E-state index in [-0.39, 0.29) is 18.5 Å². The van der Waals surface area contributed by atoms with Gasteiger partial charge in [0.05, 0.1) is 12.2 Å². The first-order chi connectivity index (χ1) is 7.65. The number of aliphatic hydroxyl groups excluding tert-OH is 1. The fourth-order valence-corrected chi connectivity index (χ4v) is 1.80. The van der Waals surface area contributed by atoms with E-state index in [1.165, 1.54) is 5.56 Å². The molecule has 0 amide bonds. The number of hydrogen-bond donors (Lipinski definition) is 1. The molecule has 0 aliphatic carbocycles. The molecule has 0 spiro atoms. The Balaban J connectivity index is 1.93. The minimum atomic E-state index is -0.363. The highest BCUT2D eigenvalue weighted by Gasteiger charge is 2.27. The van der Waals surface area contributed by atoms with Crippen molar-refractivity contribution in [3.05, 3.63) is 29.8 Å². The fourth-order valence-electron chi connectivity index (χ4n) is 1.80. The Morgan fingerprint density at radius 2 is 1.94 bits per heavy atom. The third-order valence-corrected chi connectivity index (χ3v) is 2.89. The van der Waals surface area contributed by atoms with Crippen LogP contribution in [0.1, 0.15) is 25.3 Å². The second kappa shape index (κ2) is 4.85. The molecule has 1 aromatic rings. The molecule has 1 aromatic carbocycles. The molecule has 1 fully saturated rings. The number of hydrogen-bond acceptors (Lipinski definition) is 3. The highest BCUT2D eigenvalue weighted by Crippen LogP contribution is 2.22. The van der Waals surface area contributed by atoms with Gasteiger partial charge in [0.1, 0.15) is 5.75 Å². The lowest BCUT2D eigenvalue weighted by Gasteiger charge is -2.31. The molecular weight excluding hydrogens is 204 g/mol. The second-order valence-corrected chi connectivity index (χ2v) is 4.35. The molecule has 1 saturated heterocycles. The standard InChI is InChI=1S/C13H18O3/c1-9-3-5-11(6-4-9)16-13-8-7-12(14)10(2)15-13/h3-6,10,12-14H,7-8H2,1-2H3/t10-,12?,13-/m0/s1. The van der Waals surface area contributed by atoms with Gasteiger partial charge in [-0.3, -0.25) is 0 Å². The largest absolute Gasteiger partial charge is 0.465 e. The third-order valence-electron chi connectivity index (χ3n) is 2.89. The van der Waals surface area contributed by atoms with Crippen LogP contribution in [0, 0.1) is 6.92 Å². The number of rotatable bonds is 2. The molecule has 1 aliphatic rings. The average molecular weight is 222 g/mol. The lowest BCUT2D eigenvalue weighted by molar-refractivity contribution is -0.180. The number of aryl methyl sites for hydroxylation is 1. The summed E-state index contributed by atoms with van der Waals surface area (Å²) >= 11 is 0. The van der Waals surface area contributed by atoms with Gasteiger partial charge in [0.2, 0.25) is 0 Å². The van der Waals surface area contributed by atoms with Gasteiger partial charge in [-0.2, -0.15) is 0 Å². The summed E-state index contributed by atoms with van der Waals surface area (Å²) in [7, 11) is 0. The van der Waals surface area contributed by atoms with E-state index in [0.717, 1.165) is 18.6 Å². The van der Waals surface area contributed by atoms with Crippen LogP contribution in [-0.2, 0) is 4.74 Å². The number of aliphatic hydroxyl groups is 1. The van der Waals surface area contributed by atoms with Crippen LogP contribution in [0.4, 0.5) is 0 Å². The predicted octanol–water partition coefficient (Wildman–Crippen LogP) is 2.26. The Bertz CT molecular complexity index is 334. The summed E-state index contributed by atoms with van der Waals surface area (Å²) in [5, 5.41) is 9.52. The van der Waals surface area contributed by atoms with Crippen LogP contribution in [0.25, 0.3) is 0 Å². The van der Waals surface area contributed by atoms with E-state index < -0.39 is 0 Å². The molecule has 0 radical (unpaired) electrons. The van der Waals surface area contributed by atoms with Crippen molar-refractivity contribution in [1.82, 2.24) is 0 Å². The highest BCUT2D eigenvalue weighted by molar-refractivity contribution is 5.26. The average Bonchev–Trinajstić information content (AvgIpc) is 2.27. The van der Waals surface area contributed by atoms with Crippen molar-refractivity contribution in [3.8, 4) is 5.75 Å². The van der Waals surface area contributed by atoms with Crippen LogP contribution < -0.4 is 4.74 Å². The van der Waals surface area contributed by atoms with E-state index in [2.05, 4.69) is 0 Å². The van der Waals surface area contributed by atoms with E-state index in [4.69, 9.17) is 9.47 Å². The van der Waals surface area contributed by atoms with Crippen molar-refractivity contribution in [2.45, 2.75) is 45.2 Å². The van der Waals surface area contributed by atoms with Crippen molar-refractivity contribution in [2.24, 2.45) is 0 Å². The quantitative estimate of drug-likeness (QED) is 0.834. The molecule has 1 unspecified atom stereocenters. The first-order valence-electron chi connectivity index (χ1n) is 5.72. The van der Waals surface area contributed by atoms with Crippen LogP contribution in [0.5, 0.6) is 5.75 Å². The molecule has 3 heteroatoms. The smallest absolute Gasteiger partial charge is 0.200 e. The maximum absolute atomic E-state index is 9.52. The van der Waals surface area contributed by atoms with Crippen LogP contribution in [0.15, 0.2) is 24.3 Å². The van der Waals surface area contributed by atoms with E-state index in [9.17, 15) is 5.11 Å². The van der Waals surface area contributed by atoms with Gasteiger partial charge in [-0.1, -0.05) is 17.7 Å². The summed E-state index contributed by atoms with van der Waals surface area (Å²) in [6, 6.07) is 7.90. The zero-order chi connectivity index (χ0) is 11.5. The SMILES string of the molecule is Cc1ccc(O[C@H]2CCC(O)[C@H](C)O2)cc1.